The largest absolute Gasteiger partial charge is 0.222 e. The molecule has 0 N–H and O–H groups in total. The van der Waals surface area contributed by atoms with Crippen LogP contribution in [0.4, 0.5) is 0 Å². The van der Waals surface area contributed by atoms with E-state index in [0.29, 0.717) is 5.56 Å². The van der Waals surface area contributed by atoms with E-state index in [9.17, 15) is 13.7 Å². The molecule has 0 amide bonds. The fourth-order valence-corrected chi connectivity index (χ4v) is 3.63. The highest BCUT2D eigenvalue weighted by atomic mass is 32.2. The van der Waals surface area contributed by atoms with E-state index in [4.69, 9.17) is 0 Å². The van der Waals surface area contributed by atoms with Gasteiger partial charge < -0.3 is 0 Å². The number of hydrogen-bond donors (Lipinski definition) is 0. The van der Waals surface area contributed by atoms with Crippen LogP contribution in [0.25, 0.3) is 0 Å². The summed E-state index contributed by atoms with van der Waals surface area (Å²) in [5.41, 5.74) is 2.30. The normalized spacial score (nSPS) is 12.7. The molecule has 2 aromatic rings. The Morgan fingerprint density at radius 3 is 2.30 bits per heavy atom. The summed E-state index contributed by atoms with van der Waals surface area (Å²) < 4.78 is 25.2. The molecule has 0 aliphatic rings. The summed E-state index contributed by atoms with van der Waals surface area (Å²) in [5, 5.41) is 8.19. The van der Waals surface area contributed by atoms with Crippen LogP contribution in [-0.4, -0.2) is 8.42 Å². The SMILES string of the molecule is Cc1ccc(C)c(C(C#N)S(=O)(=O)c2ccccc2)c1. The molecule has 2 rings (SSSR count). The first-order valence-corrected chi connectivity index (χ1v) is 7.77. The van der Waals surface area contributed by atoms with Crippen molar-refractivity contribution >= 4 is 9.84 Å². The lowest BCUT2D eigenvalue weighted by molar-refractivity contribution is 0.591. The van der Waals surface area contributed by atoms with E-state index in [1.165, 1.54) is 12.1 Å². The molecule has 0 spiro atoms. The summed E-state index contributed by atoms with van der Waals surface area (Å²) in [6.07, 6.45) is 0. The van der Waals surface area contributed by atoms with Gasteiger partial charge in [0.15, 0.2) is 15.1 Å². The molecule has 0 aromatic heterocycles. The topological polar surface area (TPSA) is 57.9 Å². The van der Waals surface area contributed by atoms with E-state index >= 15 is 0 Å². The Morgan fingerprint density at radius 1 is 1.05 bits per heavy atom. The van der Waals surface area contributed by atoms with Crippen molar-refractivity contribution in [3.63, 3.8) is 0 Å². The molecule has 4 heteroatoms. The standard InChI is InChI=1S/C16H15NO2S/c1-12-8-9-13(2)15(10-12)16(11-17)20(18,19)14-6-4-3-5-7-14/h3-10,16H,1-2H3. The first kappa shape index (κ1) is 14.3. The van der Waals surface area contributed by atoms with Gasteiger partial charge in [-0.3, -0.25) is 0 Å². The molecule has 0 heterocycles. The Hall–Kier alpha value is -2.12. The zero-order valence-corrected chi connectivity index (χ0v) is 12.2. The maximum atomic E-state index is 12.6. The van der Waals surface area contributed by atoms with Crippen molar-refractivity contribution in [1.82, 2.24) is 0 Å². The van der Waals surface area contributed by atoms with Gasteiger partial charge >= 0.3 is 0 Å². The first-order valence-electron chi connectivity index (χ1n) is 6.22. The average molecular weight is 285 g/mol. The minimum atomic E-state index is -3.70. The van der Waals surface area contributed by atoms with E-state index in [1.807, 2.05) is 32.0 Å². The number of sulfone groups is 1. The molecule has 0 fully saturated rings. The van der Waals surface area contributed by atoms with Gasteiger partial charge in [-0.1, -0.05) is 42.0 Å². The van der Waals surface area contributed by atoms with Crippen molar-refractivity contribution < 1.29 is 8.42 Å². The predicted octanol–water partition coefficient (Wildman–Crippen LogP) is 3.34. The van der Waals surface area contributed by atoms with Gasteiger partial charge in [0.2, 0.25) is 0 Å². The third kappa shape index (κ3) is 2.59. The monoisotopic (exact) mass is 285 g/mol. The molecule has 0 radical (unpaired) electrons. The van der Waals surface area contributed by atoms with Gasteiger partial charge in [0.05, 0.1) is 11.0 Å². The highest BCUT2D eigenvalue weighted by molar-refractivity contribution is 7.92. The third-order valence-electron chi connectivity index (χ3n) is 3.22. The van der Waals surface area contributed by atoms with E-state index < -0.39 is 15.1 Å². The van der Waals surface area contributed by atoms with Crippen molar-refractivity contribution in [3.05, 3.63) is 65.2 Å². The number of nitriles is 1. The fraction of sp³-hybridized carbons (Fsp3) is 0.188. The summed E-state index contributed by atoms with van der Waals surface area (Å²) >= 11 is 0. The van der Waals surface area contributed by atoms with Crippen molar-refractivity contribution in [2.45, 2.75) is 24.0 Å². The molecule has 3 nitrogen and oxygen atoms in total. The lowest BCUT2D eigenvalue weighted by Crippen LogP contribution is -2.13. The second-order valence-electron chi connectivity index (χ2n) is 4.73. The van der Waals surface area contributed by atoms with Crippen LogP contribution >= 0.6 is 0 Å². The number of benzene rings is 2. The second-order valence-corrected chi connectivity index (χ2v) is 6.76. The number of rotatable bonds is 3. The van der Waals surface area contributed by atoms with Crippen LogP contribution < -0.4 is 0 Å². The Kier molecular flexibility index (Phi) is 3.91. The van der Waals surface area contributed by atoms with Crippen molar-refractivity contribution in [3.8, 4) is 6.07 Å². The zero-order chi connectivity index (χ0) is 14.8. The molecule has 0 aliphatic carbocycles. The minimum absolute atomic E-state index is 0.174. The van der Waals surface area contributed by atoms with Gasteiger partial charge in [0.25, 0.3) is 0 Å². The van der Waals surface area contributed by atoms with Crippen LogP contribution in [0, 0.1) is 25.2 Å². The highest BCUT2D eigenvalue weighted by Gasteiger charge is 2.30. The predicted molar refractivity (Wildman–Crippen MR) is 77.9 cm³/mol. The number of hydrogen-bond acceptors (Lipinski definition) is 3. The molecule has 1 atom stereocenters. The summed E-state index contributed by atoms with van der Waals surface area (Å²) in [6.45, 7) is 3.70. The van der Waals surface area contributed by atoms with Crippen LogP contribution in [0.5, 0.6) is 0 Å². The molecule has 0 saturated carbocycles. The van der Waals surface area contributed by atoms with Crippen LogP contribution in [0.2, 0.25) is 0 Å². The van der Waals surface area contributed by atoms with Crippen molar-refractivity contribution in [2.75, 3.05) is 0 Å². The van der Waals surface area contributed by atoms with Gasteiger partial charge in [-0.25, -0.2) is 8.42 Å². The molecule has 0 saturated heterocycles. The maximum Gasteiger partial charge on any atom is 0.198 e. The number of nitrogens with zero attached hydrogens (tertiary/aromatic N) is 1. The zero-order valence-electron chi connectivity index (χ0n) is 11.4. The van der Waals surface area contributed by atoms with Gasteiger partial charge in [0, 0.05) is 0 Å². The van der Waals surface area contributed by atoms with Gasteiger partial charge in [-0.15, -0.1) is 0 Å². The first-order chi connectivity index (χ1) is 9.46. The third-order valence-corrected chi connectivity index (χ3v) is 5.13. The maximum absolute atomic E-state index is 12.6. The summed E-state index contributed by atoms with van der Waals surface area (Å²) in [5.74, 6) is 0. The van der Waals surface area contributed by atoms with Crippen molar-refractivity contribution in [2.24, 2.45) is 0 Å². The minimum Gasteiger partial charge on any atom is -0.222 e. The Balaban J connectivity index is 2.59. The van der Waals surface area contributed by atoms with Gasteiger partial charge in [-0.05, 0) is 37.1 Å². The lowest BCUT2D eigenvalue weighted by Gasteiger charge is -2.14. The summed E-state index contributed by atoms with van der Waals surface area (Å²) in [4.78, 5) is 0.174. The van der Waals surface area contributed by atoms with E-state index in [0.717, 1.165) is 11.1 Å². The van der Waals surface area contributed by atoms with E-state index in [1.54, 1.807) is 24.3 Å². The average Bonchev–Trinajstić information content (AvgIpc) is 2.44. The molecule has 0 bridgehead atoms. The van der Waals surface area contributed by atoms with Crippen LogP contribution in [-0.2, 0) is 9.84 Å². The van der Waals surface area contributed by atoms with Gasteiger partial charge in [-0.2, -0.15) is 5.26 Å². The number of aryl methyl sites for hydroxylation is 2. The van der Waals surface area contributed by atoms with E-state index in [2.05, 4.69) is 0 Å². The smallest absolute Gasteiger partial charge is 0.198 e. The van der Waals surface area contributed by atoms with Crippen LogP contribution in [0.1, 0.15) is 21.9 Å². The molecule has 2 aromatic carbocycles. The Bertz CT molecular complexity index is 759. The van der Waals surface area contributed by atoms with Crippen LogP contribution in [0.15, 0.2) is 53.4 Å². The van der Waals surface area contributed by atoms with Crippen LogP contribution in [0.3, 0.4) is 0 Å². The lowest BCUT2D eigenvalue weighted by atomic mass is 10.0. The molecule has 1 unspecified atom stereocenters. The molecule has 102 valence electrons. The second kappa shape index (κ2) is 5.48. The quantitative estimate of drug-likeness (QED) is 0.869. The highest BCUT2D eigenvalue weighted by Crippen LogP contribution is 2.30. The molecular weight excluding hydrogens is 270 g/mol. The Morgan fingerprint density at radius 2 is 1.70 bits per heavy atom. The van der Waals surface area contributed by atoms with Crippen molar-refractivity contribution in [1.29, 1.82) is 5.26 Å². The fourth-order valence-electron chi connectivity index (χ4n) is 2.09. The molecule has 0 aliphatic heterocycles. The van der Waals surface area contributed by atoms with E-state index in [-0.39, 0.29) is 4.90 Å². The summed E-state index contributed by atoms with van der Waals surface area (Å²) in [6, 6.07) is 15.6. The molecular formula is C16H15NO2S. The molecule has 20 heavy (non-hydrogen) atoms. The summed E-state index contributed by atoms with van der Waals surface area (Å²) in [7, 11) is -3.70. The Labute approximate surface area is 119 Å². The van der Waals surface area contributed by atoms with Gasteiger partial charge in [0.1, 0.15) is 0 Å².